The van der Waals surface area contributed by atoms with Crippen molar-refractivity contribution in [1.82, 2.24) is 4.90 Å². The van der Waals surface area contributed by atoms with Gasteiger partial charge in [0, 0.05) is 18.9 Å². The largest absolute Gasteiger partial charge is 0.508 e. The number of phenols is 1. The lowest BCUT2D eigenvalue weighted by Crippen LogP contribution is -2.35. The summed E-state index contributed by atoms with van der Waals surface area (Å²) in [6.45, 7) is 4.00. The molecule has 1 heterocycles. The fourth-order valence-corrected chi connectivity index (χ4v) is 2.28. The molecule has 2 atom stereocenters. The Morgan fingerprint density at radius 2 is 2.05 bits per heavy atom. The maximum absolute atomic E-state index is 11.9. The third-order valence-electron chi connectivity index (χ3n) is 3.28. The number of carbonyl (C=O) groups excluding carboxylic acids is 1. The topological polar surface area (TPSA) is 77.8 Å². The van der Waals surface area contributed by atoms with Crippen LogP contribution in [0.3, 0.4) is 0 Å². The van der Waals surface area contributed by atoms with Crippen LogP contribution in [0, 0.1) is 5.92 Å². The molecule has 1 aliphatic heterocycles. The van der Waals surface area contributed by atoms with Gasteiger partial charge in [0.05, 0.1) is 0 Å². The zero-order valence-electron chi connectivity index (χ0n) is 10.3. The van der Waals surface area contributed by atoms with Crippen molar-refractivity contribution in [2.75, 3.05) is 6.54 Å². The molecule has 0 aliphatic carbocycles. The van der Waals surface area contributed by atoms with Crippen LogP contribution < -0.4 is 0 Å². The van der Waals surface area contributed by atoms with Crippen molar-refractivity contribution in [3.8, 4) is 5.75 Å². The summed E-state index contributed by atoms with van der Waals surface area (Å²) in [6, 6.07) is 4.84. The van der Waals surface area contributed by atoms with Gasteiger partial charge in [-0.25, -0.2) is 4.79 Å². The summed E-state index contributed by atoms with van der Waals surface area (Å²) in [5.74, 6) is -1.22. The molecule has 0 bridgehead atoms. The van der Waals surface area contributed by atoms with Gasteiger partial charge in [0.2, 0.25) is 5.91 Å². The first-order chi connectivity index (χ1) is 9.02. The summed E-state index contributed by atoms with van der Waals surface area (Å²) < 4.78 is 0. The number of phenolic OH excluding ortho intramolecular Hbond substituents is 1. The molecule has 0 aromatic heterocycles. The Morgan fingerprint density at radius 1 is 1.42 bits per heavy atom. The quantitative estimate of drug-likeness (QED) is 0.806. The molecule has 0 radical (unpaired) electrons. The molecule has 5 heteroatoms. The van der Waals surface area contributed by atoms with Crippen LogP contribution in [0.1, 0.15) is 18.0 Å². The molecule has 19 heavy (non-hydrogen) atoms. The lowest BCUT2D eigenvalue weighted by molar-refractivity contribution is -0.148. The Kier molecular flexibility index (Phi) is 3.55. The maximum Gasteiger partial charge on any atom is 0.331 e. The molecule has 0 spiro atoms. The van der Waals surface area contributed by atoms with Gasteiger partial charge in [-0.3, -0.25) is 4.79 Å². The van der Waals surface area contributed by atoms with Crippen molar-refractivity contribution < 1.29 is 19.8 Å². The van der Waals surface area contributed by atoms with Crippen LogP contribution in [0.5, 0.6) is 5.75 Å². The van der Waals surface area contributed by atoms with Crippen molar-refractivity contribution in [3.63, 3.8) is 0 Å². The Labute approximate surface area is 110 Å². The van der Waals surface area contributed by atoms with Gasteiger partial charge >= 0.3 is 5.97 Å². The lowest BCUT2D eigenvalue weighted by atomic mass is 10.1. The van der Waals surface area contributed by atoms with Crippen LogP contribution in [0.2, 0.25) is 0 Å². The van der Waals surface area contributed by atoms with E-state index in [1.165, 1.54) is 29.2 Å². The average Bonchev–Trinajstić information content (AvgIpc) is 2.73. The smallest absolute Gasteiger partial charge is 0.331 e. The molecule has 0 saturated carbocycles. The second kappa shape index (κ2) is 5.14. The molecule has 1 amide bonds. The molecule has 2 N–H and O–H groups in total. The van der Waals surface area contributed by atoms with Gasteiger partial charge in [-0.15, -0.1) is 6.58 Å². The third kappa shape index (κ3) is 2.59. The summed E-state index contributed by atoms with van der Waals surface area (Å²) in [5.41, 5.74) is 0.475. The number of rotatable bonds is 4. The van der Waals surface area contributed by atoms with E-state index in [-0.39, 0.29) is 17.6 Å². The van der Waals surface area contributed by atoms with E-state index in [1.807, 2.05) is 0 Å². The normalized spacial score (nSPS) is 20.3. The van der Waals surface area contributed by atoms with Crippen LogP contribution in [-0.2, 0) is 9.59 Å². The molecule has 1 aromatic rings. The molecule has 1 aromatic carbocycles. The summed E-state index contributed by atoms with van der Waals surface area (Å²) >= 11 is 0. The van der Waals surface area contributed by atoms with E-state index in [0.717, 1.165) is 0 Å². The third-order valence-corrected chi connectivity index (χ3v) is 3.28. The monoisotopic (exact) mass is 261 g/mol. The van der Waals surface area contributed by atoms with Crippen molar-refractivity contribution in [2.45, 2.75) is 12.5 Å². The lowest BCUT2D eigenvalue weighted by Gasteiger charge is -2.24. The number of hydrogen-bond acceptors (Lipinski definition) is 3. The number of benzene rings is 1. The standard InChI is InChI=1S/C14H15NO4/c1-2-9-7-12(17)15(8-9)13(14(18)19)10-3-5-11(16)6-4-10/h2-6,9,13,16H,1,7-8H2,(H,18,19). The predicted octanol–water partition coefficient (Wildman–Crippen LogP) is 1.55. The minimum Gasteiger partial charge on any atom is -0.508 e. The number of carbonyl (C=O) groups is 2. The van der Waals surface area contributed by atoms with E-state index in [2.05, 4.69) is 6.58 Å². The molecule has 1 saturated heterocycles. The first-order valence-electron chi connectivity index (χ1n) is 5.96. The predicted molar refractivity (Wildman–Crippen MR) is 68.5 cm³/mol. The van der Waals surface area contributed by atoms with E-state index in [9.17, 15) is 19.8 Å². The van der Waals surface area contributed by atoms with E-state index in [4.69, 9.17) is 0 Å². The van der Waals surface area contributed by atoms with Gasteiger partial charge in [0.15, 0.2) is 6.04 Å². The van der Waals surface area contributed by atoms with Gasteiger partial charge in [0.1, 0.15) is 5.75 Å². The number of amides is 1. The number of nitrogens with zero attached hydrogens (tertiary/aromatic N) is 1. The van der Waals surface area contributed by atoms with Gasteiger partial charge in [-0.05, 0) is 17.7 Å². The van der Waals surface area contributed by atoms with Crippen LogP contribution in [0.4, 0.5) is 0 Å². The number of carboxylic acid groups (broad SMARTS) is 1. The Balaban J connectivity index is 2.31. The van der Waals surface area contributed by atoms with E-state index < -0.39 is 12.0 Å². The van der Waals surface area contributed by atoms with Crippen molar-refractivity contribution in [1.29, 1.82) is 0 Å². The zero-order chi connectivity index (χ0) is 14.0. The summed E-state index contributed by atoms with van der Waals surface area (Å²) in [6.07, 6.45) is 1.97. The number of likely N-dealkylation sites (tertiary alicyclic amines) is 1. The zero-order valence-corrected chi connectivity index (χ0v) is 10.3. The van der Waals surface area contributed by atoms with Gasteiger partial charge in [-0.2, -0.15) is 0 Å². The van der Waals surface area contributed by atoms with Crippen molar-refractivity contribution in [2.24, 2.45) is 5.92 Å². The number of hydrogen-bond donors (Lipinski definition) is 2. The Morgan fingerprint density at radius 3 is 2.53 bits per heavy atom. The van der Waals surface area contributed by atoms with Crippen LogP contribution in [0.25, 0.3) is 0 Å². The molecule has 100 valence electrons. The van der Waals surface area contributed by atoms with Crippen LogP contribution in [-0.4, -0.2) is 33.5 Å². The van der Waals surface area contributed by atoms with Crippen molar-refractivity contribution in [3.05, 3.63) is 42.5 Å². The van der Waals surface area contributed by atoms with E-state index in [1.54, 1.807) is 6.08 Å². The highest BCUT2D eigenvalue weighted by Gasteiger charge is 2.37. The highest BCUT2D eigenvalue weighted by Crippen LogP contribution is 2.30. The molecule has 1 aliphatic rings. The van der Waals surface area contributed by atoms with Gasteiger partial charge < -0.3 is 15.1 Å². The number of carboxylic acids is 1. The van der Waals surface area contributed by atoms with Crippen LogP contribution in [0.15, 0.2) is 36.9 Å². The first-order valence-corrected chi connectivity index (χ1v) is 5.96. The second-order valence-electron chi connectivity index (χ2n) is 4.58. The molecule has 2 rings (SSSR count). The summed E-state index contributed by atoms with van der Waals surface area (Å²) in [7, 11) is 0. The average molecular weight is 261 g/mol. The van der Waals surface area contributed by atoms with Crippen LogP contribution >= 0.6 is 0 Å². The maximum atomic E-state index is 11.9. The summed E-state index contributed by atoms with van der Waals surface area (Å²) in [4.78, 5) is 24.7. The highest BCUT2D eigenvalue weighted by molar-refractivity contribution is 5.86. The molecular formula is C14H15NO4. The van der Waals surface area contributed by atoms with E-state index >= 15 is 0 Å². The number of aromatic hydroxyl groups is 1. The molecule has 5 nitrogen and oxygen atoms in total. The Bertz CT molecular complexity index is 509. The van der Waals surface area contributed by atoms with Gasteiger partial charge in [0.25, 0.3) is 0 Å². The first kappa shape index (κ1) is 13.1. The fraction of sp³-hybridized carbons (Fsp3) is 0.286. The van der Waals surface area contributed by atoms with Crippen molar-refractivity contribution >= 4 is 11.9 Å². The fourth-order valence-electron chi connectivity index (χ4n) is 2.28. The molecule has 2 unspecified atom stereocenters. The minimum atomic E-state index is -1.08. The second-order valence-corrected chi connectivity index (χ2v) is 4.58. The number of aliphatic carboxylic acids is 1. The Hall–Kier alpha value is -2.30. The minimum absolute atomic E-state index is 0.00790. The SMILES string of the molecule is C=CC1CC(=O)N(C(C(=O)O)c2ccc(O)cc2)C1. The van der Waals surface area contributed by atoms with Gasteiger partial charge in [-0.1, -0.05) is 18.2 Å². The summed E-state index contributed by atoms with van der Waals surface area (Å²) in [5, 5.41) is 18.6. The molecule has 1 fully saturated rings. The highest BCUT2D eigenvalue weighted by atomic mass is 16.4. The van der Waals surface area contributed by atoms with E-state index in [0.29, 0.717) is 18.5 Å². The molecular weight excluding hydrogens is 246 g/mol.